The maximum absolute atomic E-state index is 13.5. The van der Waals surface area contributed by atoms with Crippen LogP contribution in [0, 0.1) is 6.92 Å². The highest BCUT2D eigenvalue weighted by Crippen LogP contribution is 2.37. The number of hydrogen-bond donors (Lipinski definition) is 1. The van der Waals surface area contributed by atoms with Gasteiger partial charge in [-0.25, -0.2) is 8.42 Å². The van der Waals surface area contributed by atoms with Crippen LogP contribution in [0.4, 0.5) is 18.9 Å². The van der Waals surface area contributed by atoms with Crippen LogP contribution in [0.1, 0.15) is 43.9 Å². The molecule has 7 nitrogen and oxygen atoms in total. The molecule has 0 saturated heterocycles. The summed E-state index contributed by atoms with van der Waals surface area (Å²) in [4.78, 5) is 27.7. The molecule has 0 radical (unpaired) electrons. The maximum Gasteiger partial charge on any atom is 0.417 e. The zero-order chi connectivity index (χ0) is 28.1. The van der Waals surface area contributed by atoms with Crippen LogP contribution in [-0.2, 0) is 32.3 Å². The highest BCUT2D eigenvalue weighted by molar-refractivity contribution is 7.92. The number of carbonyl (C=O) groups excluding carboxylic acids is 2. The lowest BCUT2D eigenvalue weighted by Crippen LogP contribution is -2.52. The van der Waals surface area contributed by atoms with E-state index in [0.717, 1.165) is 29.5 Å². The smallest absolute Gasteiger partial charge is 0.352 e. The Labute approximate surface area is 220 Å². The molecular formula is C25H31ClF3N3O4S. The largest absolute Gasteiger partial charge is 0.417 e. The summed E-state index contributed by atoms with van der Waals surface area (Å²) in [7, 11) is -4.20. The van der Waals surface area contributed by atoms with E-state index in [1.54, 1.807) is 12.1 Å². The van der Waals surface area contributed by atoms with Gasteiger partial charge in [0, 0.05) is 12.6 Å². The molecule has 0 saturated carbocycles. The molecule has 0 bridgehead atoms. The van der Waals surface area contributed by atoms with E-state index in [1.807, 2.05) is 32.9 Å². The Morgan fingerprint density at radius 2 is 1.73 bits per heavy atom. The molecular weight excluding hydrogens is 531 g/mol. The fourth-order valence-corrected chi connectivity index (χ4v) is 4.58. The van der Waals surface area contributed by atoms with E-state index in [-0.39, 0.29) is 18.3 Å². The highest BCUT2D eigenvalue weighted by atomic mass is 35.5. The topological polar surface area (TPSA) is 86.8 Å². The number of carbonyl (C=O) groups is 2. The van der Waals surface area contributed by atoms with E-state index in [9.17, 15) is 31.2 Å². The van der Waals surface area contributed by atoms with Gasteiger partial charge >= 0.3 is 6.18 Å². The van der Waals surface area contributed by atoms with Crippen molar-refractivity contribution in [1.82, 2.24) is 10.2 Å². The number of sulfonamides is 1. The summed E-state index contributed by atoms with van der Waals surface area (Å²) in [6, 6.07) is 8.65. The number of rotatable bonds is 10. The predicted octanol–water partition coefficient (Wildman–Crippen LogP) is 4.77. The Kier molecular flexibility index (Phi) is 10.0. The minimum atomic E-state index is -4.83. The molecule has 0 spiro atoms. The Morgan fingerprint density at radius 3 is 2.27 bits per heavy atom. The second kappa shape index (κ2) is 12.2. The van der Waals surface area contributed by atoms with Gasteiger partial charge < -0.3 is 10.2 Å². The average molecular weight is 562 g/mol. The van der Waals surface area contributed by atoms with Crippen molar-refractivity contribution >= 4 is 39.1 Å². The number of halogens is 4. The second-order valence-electron chi connectivity index (χ2n) is 8.87. The summed E-state index contributed by atoms with van der Waals surface area (Å²) < 4.78 is 66.0. The molecule has 1 N–H and O–H groups in total. The fraction of sp³-hybridized carbons (Fsp3) is 0.440. The first-order valence-electron chi connectivity index (χ1n) is 11.5. The number of nitrogens with one attached hydrogen (secondary N) is 1. The quantitative estimate of drug-likeness (QED) is 0.453. The van der Waals surface area contributed by atoms with Crippen LogP contribution in [0.3, 0.4) is 0 Å². The minimum absolute atomic E-state index is 0.00732. The molecule has 2 amide bonds. The summed E-state index contributed by atoms with van der Waals surface area (Å²) in [5.41, 5.74) is -0.0240. The lowest BCUT2D eigenvalue weighted by Gasteiger charge is -2.32. The summed E-state index contributed by atoms with van der Waals surface area (Å²) in [6.07, 6.45) is -3.39. The zero-order valence-corrected chi connectivity index (χ0v) is 22.8. The van der Waals surface area contributed by atoms with Crippen LogP contribution in [-0.4, -0.2) is 50.0 Å². The first kappa shape index (κ1) is 30.4. The molecule has 37 heavy (non-hydrogen) atoms. The van der Waals surface area contributed by atoms with Gasteiger partial charge in [0.1, 0.15) is 12.6 Å². The lowest BCUT2D eigenvalue weighted by atomic mass is 10.1. The summed E-state index contributed by atoms with van der Waals surface area (Å²) >= 11 is 5.68. The third-order valence-electron chi connectivity index (χ3n) is 5.99. The summed E-state index contributed by atoms with van der Waals surface area (Å²) in [6.45, 7) is 6.22. The lowest BCUT2D eigenvalue weighted by molar-refractivity contribution is -0.139. The molecule has 204 valence electrons. The monoisotopic (exact) mass is 561 g/mol. The van der Waals surface area contributed by atoms with Crippen molar-refractivity contribution < 1.29 is 31.2 Å². The first-order chi connectivity index (χ1) is 17.1. The maximum atomic E-state index is 13.5. The molecule has 0 unspecified atom stereocenters. The van der Waals surface area contributed by atoms with Crippen molar-refractivity contribution in [2.75, 3.05) is 17.1 Å². The van der Waals surface area contributed by atoms with E-state index >= 15 is 0 Å². The van der Waals surface area contributed by atoms with Gasteiger partial charge in [-0.15, -0.1) is 0 Å². The average Bonchev–Trinajstić information content (AvgIpc) is 2.80. The number of amides is 2. The van der Waals surface area contributed by atoms with Crippen LogP contribution in [0.15, 0.2) is 42.5 Å². The van der Waals surface area contributed by atoms with Gasteiger partial charge in [-0.2, -0.15) is 13.2 Å². The third-order valence-corrected chi connectivity index (χ3v) is 7.46. The van der Waals surface area contributed by atoms with Crippen molar-refractivity contribution in [3.63, 3.8) is 0 Å². The first-order valence-corrected chi connectivity index (χ1v) is 13.8. The van der Waals surface area contributed by atoms with Crippen molar-refractivity contribution in [2.24, 2.45) is 0 Å². The van der Waals surface area contributed by atoms with Gasteiger partial charge in [-0.1, -0.05) is 42.8 Å². The van der Waals surface area contributed by atoms with E-state index < -0.39 is 51.2 Å². The van der Waals surface area contributed by atoms with Crippen molar-refractivity contribution in [3.05, 3.63) is 64.2 Å². The van der Waals surface area contributed by atoms with Crippen LogP contribution < -0.4 is 9.62 Å². The Morgan fingerprint density at radius 1 is 1.11 bits per heavy atom. The van der Waals surface area contributed by atoms with Crippen molar-refractivity contribution in [1.29, 1.82) is 0 Å². The van der Waals surface area contributed by atoms with Crippen LogP contribution in [0.2, 0.25) is 5.02 Å². The molecule has 0 heterocycles. The minimum Gasteiger partial charge on any atom is -0.352 e. The SMILES string of the molecule is CC[C@H](C)NC(=O)[C@@H](C)N(Cc1ccccc1C)C(=O)CN(c1ccc(Cl)c(C(F)(F)F)c1)S(C)(=O)=O. The number of aryl methyl sites for hydroxylation is 1. The molecule has 2 atom stereocenters. The second-order valence-corrected chi connectivity index (χ2v) is 11.2. The number of hydrogen-bond acceptors (Lipinski definition) is 4. The van der Waals surface area contributed by atoms with Gasteiger partial charge in [0.15, 0.2) is 0 Å². The number of anilines is 1. The normalized spacial score (nSPS) is 13.5. The van der Waals surface area contributed by atoms with Gasteiger partial charge in [-0.05, 0) is 56.5 Å². The van der Waals surface area contributed by atoms with Crippen molar-refractivity contribution in [3.8, 4) is 0 Å². The van der Waals surface area contributed by atoms with E-state index in [4.69, 9.17) is 11.6 Å². The number of nitrogens with zero attached hydrogens (tertiary/aromatic N) is 2. The Balaban J connectivity index is 2.49. The van der Waals surface area contributed by atoms with E-state index in [0.29, 0.717) is 16.8 Å². The van der Waals surface area contributed by atoms with E-state index in [2.05, 4.69) is 5.32 Å². The molecule has 12 heteroatoms. The fourth-order valence-electron chi connectivity index (χ4n) is 3.52. The zero-order valence-electron chi connectivity index (χ0n) is 21.3. The molecule has 0 aromatic heterocycles. The van der Waals surface area contributed by atoms with Crippen LogP contribution in [0.5, 0.6) is 0 Å². The Bertz CT molecular complexity index is 1240. The summed E-state index contributed by atoms with van der Waals surface area (Å²) in [5.74, 6) is -1.20. The number of benzene rings is 2. The standard InChI is InChI=1S/C25H31ClF3N3O4S/c1-6-17(3)30-24(34)18(4)31(14-19-10-8-7-9-16(19)2)23(33)15-32(37(5,35)36)20-11-12-22(26)21(13-20)25(27,28)29/h7-13,17-18H,6,14-15H2,1-5H3,(H,30,34)/t17-,18+/m0/s1. The van der Waals surface area contributed by atoms with Gasteiger partial charge in [-0.3, -0.25) is 13.9 Å². The molecule has 0 aliphatic carbocycles. The molecule has 2 aromatic carbocycles. The highest BCUT2D eigenvalue weighted by Gasteiger charge is 2.35. The van der Waals surface area contributed by atoms with Gasteiger partial charge in [0.05, 0.1) is 22.5 Å². The molecule has 2 aromatic rings. The number of alkyl halides is 3. The van der Waals surface area contributed by atoms with Gasteiger partial charge in [0.2, 0.25) is 21.8 Å². The molecule has 0 fully saturated rings. The van der Waals surface area contributed by atoms with Crippen LogP contribution >= 0.6 is 11.6 Å². The predicted molar refractivity (Wildman–Crippen MR) is 138 cm³/mol. The summed E-state index contributed by atoms with van der Waals surface area (Å²) in [5, 5.41) is 2.20. The third kappa shape index (κ3) is 8.10. The van der Waals surface area contributed by atoms with Gasteiger partial charge in [0.25, 0.3) is 0 Å². The van der Waals surface area contributed by atoms with Crippen molar-refractivity contribution in [2.45, 2.75) is 58.9 Å². The van der Waals surface area contributed by atoms with Crippen LogP contribution in [0.25, 0.3) is 0 Å². The molecule has 2 rings (SSSR count). The molecule has 0 aliphatic rings. The Hall–Kier alpha value is -2.79. The van der Waals surface area contributed by atoms with E-state index in [1.165, 1.54) is 11.8 Å². The molecule has 0 aliphatic heterocycles.